The monoisotopic (exact) mass is 266 g/mol. The van der Waals surface area contributed by atoms with Crippen LogP contribution in [0.3, 0.4) is 0 Å². The van der Waals surface area contributed by atoms with Crippen LogP contribution in [-0.2, 0) is 4.74 Å². The van der Waals surface area contributed by atoms with Crippen molar-refractivity contribution >= 4 is 0 Å². The molecule has 0 aromatic rings. The molecule has 1 heterocycles. The maximum Gasteiger partial charge on any atom is 0.0655 e. The third-order valence-corrected chi connectivity index (χ3v) is 5.58. The van der Waals surface area contributed by atoms with Crippen LogP contribution in [0.25, 0.3) is 0 Å². The van der Waals surface area contributed by atoms with Crippen molar-refractivity contribution in [2.24, 2.45) is 11.3 Å². The highest BCUT2D eigenvalue weighted by atomic mass is 16.5. The Hall–Kier alpha value is -0.120. The summed E-state index contributed by atoms with van der Waals surface area (Å²) >= 11 is 0. The SMILES string of the molecule is CCOC1CC(NCC2CCN(C3CC3)C2)C1(C)C. The van der Waals surface area contributed by atoms with Gasteiger partial charge in [0.2, 0.25) is 0 Å². The van der Waals surface area contributed by atoms with E-state index in [4.69, 9.17) is 4.74 Å². The van der Waals surface area contributed by atoms with Crippen molar-refractivity contribution in [3.05, 3.63) is 0 Å². The average Bonchev–Trinajstić information content (AvgIpc) is 3.13. The quantitative estimate of drug-likeness (QED) is 0.798. The van der Waals surface area contributed by atoms with Crippen molar-refractivity contribution in [2.45, 2.75) is 64.6 Å². The Morgan fingerprint density at radius 1 is 1.26 bits per heavy atom. The Kier molecular flexibility index (Phi) is 3.89. The van der Waals surface area contributed by atoms with Crippen LogP contribution in [0.1, 0.15) is 46.5 Å². The highest BCUT2D eigenvalue weighted by Gasteiger charge is 2.48. The lowest BCUT2D eigenvalue weighted by Crippen LogP contribution is -2.61. The number of hydrogen-bond donors (Lipinski definition) is 1. The molecule has 3 fully saturated rings. The first-order valence-corrected chi connectivity index (χ1v) is 8.20. The number of hydrogen-bond acceptors (Lipinski definition) is 3. The van der Waals surface area contributed by atoms with Gasteiger partial charge >= 0.3 is 0 Å². The van der Waals surface area contributed by atoms with E-state index in [2.05, 4.69) is 31.0 Å². The van der Waals surface area contributed by atoms with Gasteiger partial charge in [0.25, 0.3) is 0 Å². The molecular weight excluding hydrogens is 236 g/mol. The van der Waals surface area contributed by atoms with Gasteiger partial charge < -0.3 is 15.0 Å². The van der Waals surface area contributed by atoms with Crippen LogP contribution < -0.4 is 5.32 Å². The zero-order chi connectivity index (χ0) is 13.5. The fourth-order valence-electron chi connectivity index (χ4n) is 3.83. The second kappa shape index (κ2) is 5.34. The summed E-state index contributed by atoms with van der Waals surface area (Å²) in [7, 11) is 0. The van der Waals surface area contributed by atoms with Crippen molar-refractivity contribution in [1.29, 1.82) is 0 Å². The van der Waals surface area contributed by atoms with E-state index in [0.29, 0.717) is 17.6 Å². The van der Waals surface area contributed by atoms with E-state index in [1.165, 1.54) is 45.3 Å². The van der Waals surface area contributed by atoms with Gasteiger partial charge in [0.05, 0.1) is 6.10 Å². The van der Waals surface area contributed by atoms with E-state index in [1.54, 1.807) is 0 Å². The summed E-state index contributed by atoms with van der Waals surface area (Å²) in [5.74, 6) is 0.877. The summed E-state index contributed by atoms with van der Waals surface area (Å²) < 4.78 is 5.80. The molecule has 2 saturated carbocycles. The number of nitrogens with zero attached hydrogens (tertiary/aromatic N) is 1. The number of nitrogens with one attached hydrogen (secondary N) is 1. The Labute approximate surface area is 118 Å². The summed E-state index contributed by atoms with van der Waals surface area (Å²) in [5, 5.41) is 3.81. The van der Waals surface area contributed by atoms with E-state index < -0.39 is 0 Å². The predicted molar refractivity (Wildman–Crippen MR) is 78.3 cm³/mol. The van der Waals surface area contributed by atoms with Gasteiger partial charge in [-0.25, -0.2) is 0 Å². The van der Waals surface area contributed by atoms with Gasteiger partial charge in [-0.05, 0) is 51.6 Å². The van der Waals surface area contributed by atoms with Gasteiger partial charge in [0.1, 0.15) is 0 Å². The van der Waals surface area contributed by atoms with Crippen LogP contribution in [0.4, 0.5) is 0 Å². The number of likely N-dealkylation sites (tertiary alicyclic amines) is 1. The third-order valence-electron chi connectivity index (χ3n) is 5.58. The van der Waals surface area contributed by atoms with Crippen molar-refractivity contribution in [3.63, 3.8) is 0 Å². The van der Waals surface area contributed by atoms with Crippen LogP contribution in [0.15, 0.2) is 0 Å². The van der Waals surface area contributed by atoms with Crippen molar-refractivity contribution in [3.8, 4) is 0 Å². The minimum absolute atomic E-state index is 0.310. The molecule has 0 amide bonds. The van der Waals surface area contributed by atoms with Crippen molar-refractivity contribution < 1.29 is 4.74 Å². The molecule has 3 heteroatoms. The molecule has 110 valence electrons. The first-order valence-electron chi connectivity index (χ1n) is 8.20. The molecule has 3 atom stereocenters. The van der Waals surface area contributed by atoms with Gasteiger partial charge in [-0.2, -0.15) is 0 Å². The van der Waals surface area contributed by atoms with E-state index in [-0.39, 0.29) is 0 Å². The second-order valence-corrected chi connectivity index (χ2v) is 7.34. The van der Waals surface area contributed by atoms with E-state index in [1.807, 2.05) is 0 Å². The molecule has 0 aromatic heterocycles. The molecule has 3 rings (SSSR count). The second-order valence-electron chi connectivity index (χ2n) is 7.34. The Morgan fingerprint density at radius 3 is 2.68 bits per heavy atom. The fourth-order valence-corrected chi connectivity index (χ4v) is 3.83. The Balaban J connectivity index is 1.39. The standard InChI is InChI=1S/C16H30N2O/c1-4-19-15-9-14(16(15,2)3)17-10-12-7-8-18(11-12)13-5-6-13/h12-15,17H,4-11H2,1-3H3. The molecule has 0 bridgehead atoms. The lowest BCUT2D eigenvalue weighted by molar-refractivity contribution is -0.114. The summed E-state index contributed by atoms with van der Waals surface area (Å²) in [5.41, 5.74) is 0.310. The molecule has 3 unspecified atom stereocenters. The predicted octanol–water partition coefficient (Wildman–Crippen LogP) is 2.26. The Morgan fingerprint density at radius 2 is 2.05 bits per heavy atom. The van der Waals surface area contributed by atoms with Gasteiger partial charge in [0, 0.05) is 30.7 Å². The van der Waals surface area contributed by atoms with E-state index in [9.17, 15) is 0 Å². The summed E-state index contributed by atoms with van der Waals surface area (Å²) in [6, 6.07) is 1.60. The molecule has 19 heavy (non-hydrogen) atoms. The number of rotatable bonds is 6. The van der Waals surface area contributed by atoms with Crippen LogP contribution in [-0.4, -0.2) is 49.3 Å². The molecule has 0 spiro atoms. The molecule has 1 saturated heterocycles. The fraction of sp³-hybridized carbons (Fsp3) is 1.00. The molecule has 1 aliphatic heterocycles. The summed E-state index contributed by atoms with van der Waals surface area (Å²) in [6.07, 6.45) is 5.95. The zero-order valence-corrected chi connectivity index (χ0v) is 12.8. The normalized spacial score (nSPS) is 38.4. The van der Waals surface area contributed by atoms with E-state index >= 15 is 0 Å². The molecule has 0 aromatic carbocycles. The zero-order valence-electron chi connectivity index (χ0n) is 12.8. The van der Waals surface area contributed by atoms with Gasteiger partial charge in [-0.15, -0.1) is 0 Å². The van der Waals surface area contributed by atoms with Crippen LogP contribution in [0, 0.1) is 11.3 Å². The first-order chi connectivity index (χ1) is 9.11. The summed E-state index contributed by atoms with van der Waals surface area (Å²) in [4.78, 5) is 2.71. The lowest BCUT2D eigenvalue weighted by Gasteiger charge is -2.52. The van der Waals surface area contributed by atoms with Gasteiger partial charge in [-0.1, -0.05) is 13.8 Å². The minimum atomic E-state index is 0.310. The number of ether oxygens (including phenoxy) is 1. The maximum absolute atomic E-state index is 5.80. The van der Waals surface area contributed by atoms with Crippen LogP contribution >= 0.6 is 0 Å². The van der Waals surface area contributed by atoms with Crippen LogP contribution in [0.2, 0.25) is 0 Å². The maximum atomic E-state index is 5.80. The first kappa shape index (κ1) is 13.8. The van der Waals surface area contributed by atoms with Crippen molar-refractivity contribution in [2.75, 3.05) is 26.2 Å². The average molecular weight is 266 g/mol. The third kappa shape index (κ3) is 2.84. The molecular formula is C16H30N2O. The van der Waals surface area contributed by atoms with Gasteiger partial charge in [-0.3, -0.25) is 0 Å². The largest absolute Gasteiger partial charge is 0.378 e. The minimum Gasteiger partial charge on any atom is -0.378 e. The molecule has 2 aliphatic carbocycles. The molecule has 1 N–H and O–H groups in total. The van der Waals surface area contributed by atoms with Crippen molar-refractivity contribution in [1.82, 2.24) is 10.2 Å². The molecule has 0 radical (unpaired) electrons. The lowest BCUT2D eigenvalue weighted by atomic mass is 9.64. The molecule has 3 nitrogen and oxygen atoms in total. The van der Waals surface area contributed by atoms with Crippen LogP contribution in [0.5, 0.6) is 0 Å². The highest BCUT2D eigenvalue weighted by molar-refractivity contribution is 5.03. The Bertz CT molecular complexity index is 314. The van der Waals surface area contributed by atoms with E-state index in [0.717, 1.165) is 18.6 Å². The summed E-state index contributed by atoms with van der Waals surface area (Å²) in [6.45, 7) is 11.5. The van der Waals surface area contributed by atoms with Gasteiger partial charge in [0.15, 0.2) is 0 Å². The smallest absolute Gasteiger partial charge is 0.0655 e. The molecule has 3 aliphatic rings. The topological polar surface area (TPSA) is 24.5 Å². The highest BCUT2D eigenvalue weighted by Crippen LogP contribution is 2.43.